The summed E-state index contributed by atoms with van der Waals surface area (Å²) in [5.74, 6) is -1.08. The first-order valence-corrected chi connectivity index (χ1v) is 5.63. The van der Waals surface area contributed by atoms with Crippen LogP contribution < -0.4 is 11.1 Å². The predicted octanol–water partition coefficient (Wildman–Crippen LogP) is 0.168. The van der Waals surface area contributed by atoms with Crippen LogP contribution in [0, 0.1) is 0 Å². The molecule has 3 N–H and O–H groups in total. The van der Waals surface area contributed by atoms with Crippen molar-refractivity contribution in [1.29, 1.82) is 0 Å². The minimum Gasteiger partial charge on any atom is -0.350 e. The normalized spacial score (nSPS) is 11.9. The van der Waals surface area contributed by atoms with Crippen LogP contribution in [0.5, 0.6) is 0 Å². The molecule has 0 aromatic carbocycles. The number of nitrogens with two attached hydrogens (primary N) is 1. The molecule has 0 heterocycles. The number of nitrogens with one attached hydrogen (secondary N) is 1. The van der Waals surface area contributed by atoms with Gasteiger partial charge in [-0.15, -0.1) is 0 Å². The predicted molar refractivity (Wildman–Crippen MR) is 60.8 cm³/mol. The molecule has 16 heavy (non-hydrogen) atoms. The number of carbonyl (C=O) groups is 3. The second-order valence-electron chi connectivity index (χ2n) is 3.72. The molecule has 0 fully saturated rings. The first-order valence-electron chi connectivity index (χ1n) is 5.63. The third-order valence-electron chi connectivity index (χ3n) is 2.20. The number of amides is 1. The Hall–Kier alpha value is -1.23. The molecule has 0 saturated carbocycles. The van der Waals surface area contributed by atoms with Crippen LogP contribution in [0.4, 0.5) is 0 Å². The van der Waals surface area contributed by atoms with Crippen molar-refractivity contribution in [2.24, 2.45) is 5.73 Å². The molecule has 0 aliphatic heterocycles. The van der Waals surface area contributed by atoms with Gasteiger partial charge in [0, 0.05) is 13.0 Å². The molecule has 0 rings (SSSR count). The average molecular weight is 228 g/mol. The lowest BCUT2D eigenvalue weighted by Crippen LogP contribution is -2.33. The summed E-state index contributed by atoms with van der Waals surface area (Å²) in [6.45, 7) is 2.59. The van der Waals surface area contributed by atoms with Crippen LogP contribution in [0.15, 0.2) is 0 Å². The molecule has 5 heteroatoms. The quantitative estimate of drug-likeness (QED) is 0.334. The molecule has 0 aromatic rings. The van der Waals surface area contributed by atoms with E-state index >= 15 is 0 Å². The Morgan fingerprint density at radius 2 is 2.06 bits per heavy atom. The van der Waals surface area contributed by atoms with Crippen LogP contribution in [0.2, 0.25) is 0 Å². The SMILES string of the molecule is CCCCCNC(=O)C(=O)CC[C@H](N)C=O. The zero-order valence-electron chi connectivity index (χ0n) is 9.70. The Morgan fingerprint density at radius 1 is 1.38 bits per heavy atom. The largest absolute Gasteiger partial charge is 0.350 e. The van der Waals surface area contributed by atoms with Crippen LogP contribution in [0.25, 0.3) is 0 Å². The minimum absolute atomic E-state index is 0.0273. The number of hydrogen-bond donors (Lipinski definition) is 2. The molecule has 0 bridgehead atoms. The van der Waals surface area contributed by atoms with Crippen LogP contribution >= 0.6 is 0 Å². The van der Waals surface area contributed by atoms with Gasteiger partial charge in [-0.1, -0.05) is 19.8 Å². The number of hydrogen-bond acceptors (Lipinski definition) is 4. The number of unbranched alkanes of at least 4 members (excludes halogenated alkanes) is 2. The lowest BCUT2D eigenvalue weighted by molar-refractivity contribution is -0.138. The van der Waals surface area contributed by atoms with Crippen molar-refractivity contribution in [3.8, 4) is 0 Å². The van der Waals surface area contributed by atoms with Gasteiger partial charge >= 0.3 is 0 Å². The molecule has 0 radical (unpaired) electrons. The van der Waals surface area contributed by atoms with Gasteiger partial charge in [-0.3, -0.25) is 9.59 Å². The Balaban J connectivity index is 3.65. The van der Waals surface area contributed by atoms with Gasteiger partial charge in [0.05, 0.1) is 6.04 Å². The molecule has 1 amide bonds. The second kappa shape index (κ2) is 9.03. The van der Waals surface area contributed by atoms with Gasteiger partial charge in [-0.25, -0.2) is 0 Å². The summed E-state index contributed by atoms with van der Waals surface area (Å²) in [4.78, 5) is 32.7. The van der Waals surface area contributed by atoms with Crippen molar-refractivity contribution in [1.82, 2.24) is 5.32 Å². The van der Waals surface area contributed by atoms with E-state index in [4.69, 9.17) is 5.73 Å². The van der Waals surface area contributed by atoms with Crippen molar-refractivity contribution in [2.75, 3.05) is 6.54 Å². The van der Waals surface area contributed by atoms with E-state index in [9.17, 15) is 14.4 Å². The number of rotatable bonds is 9. The van der Waals surface area contributed by atoms with Crippen molar-refractivity contribution in [2.45, 2.75) is 45.1 Å². The third kappa shape index (κ3) is 7.11. The van der Waals surface area contributed by atoms with Crippen LogP contribution in [0.1, 0.15) is 39.0 Å². The van der Waals surface area contributed by atoms with Crippen molar-refractivity contribution < 1.29 is 14.4 Å². The Labute approximate surface area is 95.8 Å². The number of aldehydes is 1. The van der Waals surface area contributed by atoms with Crippen LogP contribution in [0.3, 0.4) is 0 Å². The van der Waals surface area contributed by atoms with Crippen LogP contribution in [-0.4, -0.2) is 30.6 Å². The molecular formula is C11H20N2O3. The maximum atomic E-state index is 11.2. The van der Waals surface area contributed by atoms with E-state index in [0.29, 0.717) is 12.8 Å². The first kappa shape index (κ1) is 14.8. The van der Waals surface area contributed by atoms with Crippen molar-refractivity contribution in [3.63, 3.8) is 0 Å². The summed E-state index contributed by atoms with van der Waals surface area (Å²) < 4.78 is 0. The Kier molecular flexibility index (Phi) is 8.34. The zero-order chi connectivity index (χ0) is 12.4. The molecule has 0 aliphatic carbocycles. The van der Waals surface area contributed by atoms with Gasteiger partial charge in [-0.2, -0.15) is 0 Å². The molecule has 0 aromatic heterocycles. The Morgan fingerprint density at radius 3 is 2.62 bits per heavy atom. The summed E-state index contributed by atoms with van der Waals surface area (Å²) in [6, 6.07) is -0.656. The fraction of sp³-hybridized carbons (Fsp3) is 0.727. The highest BCUT2D eigenvalue weighted by atomic mass is 16.2. The van der Waals surface area contributed by atoms with E-state index in [1.165, 1.54) is 0 Å². The van der Waals surface area contributed by atoms with E-state index in [-0.39, 0.29) is 12.8 Å². The van der Waals surface area contributed by atoms with E-state index in [1.54, 1.807) is 0 Å². The van der Waals surface area contributed by atoms with Gasteiger partial charge < -0.3 is 15.8 Å². The molecule has 0 unspecified atom stereocenters. The monoisotopic (exact) mass is 228 g/mol. The minimum atomic E-state index is -0.656. The summed E-state index contributed by atoms with van der Waals surface area (Å²) >= 11 is 0. The average Bonchev–Trinajstić information content (AvgIpc) is 2.30. The van der Waals surface area contributed by atoms with E-state index in [0.717, 1.165) is 19.3 Å². The molecule has 0 saturated heterocycles. The van der Waals surface area contributed by atoms with E-state index in [2.05, 4.69) is 12.2 Å². The highest BCUT2D eigenvalue weighted by Gasteiger charge is 2.13. The third-order valence-corrected chi connectivity index (χ3v) is 2.20. The van der Waals surface area contributed by atoms with Gasteiger partial charge in [0.25, 0.3) is 5.91 Å². The van der Waals surface area contributed by atoms with Crippen molar-refractivity contribution >= 4 is 18.0 Å². The highest BCUT2D eigenvalue weighted by Crippen LogP contribution is 1.95. The lowest BCUT2D eigenvalue weighted by atomic mass is 10.1. The number of carbonyl (C=O) groups excluding carboxylic acids is 3. The first-order chi connectivity index (χ1) is 7.61. The maximum Gasteiger partial charge on any atom is 0.287 e. The topological polar surface area (TPSA) is 89.3 Å². The van der Waals surface area contributed by atoms with Gasteiger partial charge in [0.1, 0.15) is 6.29 Å². The molecular weight excluding hydrogens is 208 g/mol. The Bertz CT molecular complexity index is 241. The summed E-state index contributed by atoms with van der Waals surface area (Å²) in [7, 11) is 0. The van der Waals surface area contributed by atoms with Gasteiger partial charge in [-0.05, 0) is 12.8 Å². The fourth-order valence-corrected chi connectivity index (χ4v) is 1.15. The second-order valence-corrected chi connectivity index (χ2v) is 3.72. The smallest absolute Gasteiger partial charge is 0.287 e. The molecule has 1 atom stereocenters. The number of ketones is 1. The van der Waals surface area contributed by atoms with E-state index < -0.39 is 17.7 Å². The van der Waals surface area contributed by atoms with Crippen molar-refractivity contribution in [3.05, 3.63) is 0 Å². The fourth-order valence-electron chi connectivity index (χ4n) is 1.15. The molecule has 92 valence electrons. The molecule has 0 aliphatic rings. The standard InChI is InChI=1S/C11H20N2O3/c1-2-3-4-7-13-11(16)10(15)6-5-9(12)8-14/h8-9H,2-7,12H2,1H3,(H,13,16)/t9-/m0/s1. The van der Waals surface area contributed by atoms with Gasteiger partial charge in [0.15, 0.2) is 0 Å². The van der Waals surface area contributed by atoms with Crippen LogP contribution in [-0.2, 0) is 14.4 Å². The maximum absolute atomic E-state index is 11.2. The number of Topliss-reactive ketones (excluding diaryl/α,β-unsaturated/α-hetero) is 1. The highest BCUT2D eigenvalue weighted by molar-refractivity contribution is 6.36. The summed E-state index contributed by atoms with van der Waals surface area (Å²) in [6.07, 6.45) is 3.81. The zero-order valence-corrected chi connectivity index (χ0v) is 9.70. The van der Waals surface area contributed by atoms with Gasteiger partial charge in [0.2, 0.25) is 5.78 Å². The molecule has 5 nitrogen and oxygen atoms in total. The summed E-state index contributed by atoms with van der Waals surface area (Å²) in [5, 5.41) is 2.54. The van der Waals surface area contributed by atoms with E-state index in [1.807, 2.05) is 0 Å². The molecule has 0 spiro atoms. The summed E-state index contributed by atoms with van der Waals surface area (Å²) in [5.41, 5.74) is 5.31. The lowest BCUT2D eigenvalue weighted by Gasteiger charge is -2.04.